The Kier molecular flexibility index (Phi) is 4.93. The number of nitrogens with zero attached hydrogens (tertiary/aromatic N) is 1. The van der Waals surface area contributed by atoms with Gasteiger partial charge in [0, 0.05) is 11.6 Å². The number of hydrogen-bond donors (Lipinski definition) is 0. The van der Waals surface area contributed by atoms with E-state index in [1.54, 1.807) is 0 Å². The Bertz CT molecular complexity index is 648. The summed E-state index contributed by atoms with van der Waals surface area (Å²) in [4.78, 5) is -0.348. The molecule has 0 spiro atoms. The normalized spacial score (nSPS) is 20.9. The van der Waals surface area contributed by atoms with E-state index in [9.17, 15) is 21.6 Å². The smallest absolute Gasteiger partial charge is 0.405 e. The lowest BCUT2D eigenvalue weighted by Crippen LogP contribution is -2.51. The Morgan fingerprint density at radius 3 is 2.59 bits per heavy atom. The topological polar surface area (TPSA) is 46.6 Å². The van der Waals surface area contributed by atoms with Gasteiger partial charge in [-0.15, -0.1) is 0 Å². The number of halogens is 4. The Morgan fingerprint density at radius 2 is 2.00 bits per heavy atom. The molecule has 9 heteroatoms. The fraction of sp³-hybridized carbons (Fsp3) is 0.538. The minimum Gasteiger partial charge on any atom is -0.495 e. The second kappa shape index (κ2) is 6.25. The highest BCUT2D eigenvalue weighted by atomic mass is 35.5. The molecule has 1 unspecified atom stereocenters. The molecule has 1 aliphatic rings. The number of rotatable bonds is 3. The van der Waals surface area contributed by atoms with Crippen molar-refractivity contribution in [2.24, 2.45) is 0 Å². The Balaban J connectivity index is 2.51. The molecule has 1 fully saturated rings. The first-order valence-corrected chi connectivity index (χ1v) is 8.42. The minimum absolute atomic E-state index is 0.0316. The van der Waals surface area contributed by atoms with Crippen molar-refractivity contribution < 1.29 is 26.3 Å². The van der Waals surface area contributed by atoms with Crippen LogP contribution in [-0.4, -0.2) is 38.6 Å². The van der Waals surface area contributed by atoms with E-state index in [0.717, 1.165) is 6.07 Å². The van der Waals surface area contributed by atoms with E-state index in [-0.39, 0.29) is 28.6 Å². The van der Waals surface area contributed by atoms with E-state index in [0.29, 0.717) is 17.1 Å². The summed E-state index contributed by atoms with van der Waals surface area (Å²) < 4.78 is 70.2. The van der Waals surface area contributed by atoms with E-state index in [1.807, 2.05) is 0 Å². The molecule has 1 saturated heterocycles. The van der Waals surface area contributed by atoms with Crippen LogP contribution in [0.25, 0.3) is 0 Å². The number of alkyl halides is 3. The van der Waals surface area contributed by atoms with Crippen molar-refractivity contribution in [1.29, 1.82) is 0 Å². The van der Waals surface area contributed by atoms with Gasteiger partial charge in [0.15, 0.2) is 0 Å². The lowest BCUT2D eigenvalue weighted by Gasteiger charge is -2.35. The van der Waals surface area contributed by atoms with Gasteiger partial charge >= 0.3 is 6.18 Å². The van der Waals surface area contributed by atoms with Gasteiger partial charge in [-0.1, -0.05) is 18.0 Å². The maximum atomic E-state index is 13.1. The molecule has 1 aromatic carbocycles. The van der Waals surface area contributed by atoms with Crippen molar-refractivity contribution in [3.63, 3.8) is 0 Å². The zero-order valence-electron chi connectivity index (χ0n) is 11.7. The Labute approximate surface area is 131 Å². The molecule has 0 N–H and O–H groups in total. The molecule has 1 atom stereocenters. The van der Waals surface area contributed by atoms with Crippen LogP contribution in [0.1, 0.15) is 19.3 Å². The summed E-state index contributed by atoms with van der Waals surface area (Å²) >= 11 is 5.78. The van der Waals surface area contributed by atoms with E-state index >= 15 is 0 Å². The lowest BCUT2D eigenvalue weighted by atomic mass is 10.0. The molecule has 0 amide bonds. The molecule has 1 aromatic rings. The van der Waals surface area contributed by atoms with Crippen LogP contribution in [0, 0.1) is 0 Å². The second-order valence-corrected chi connectivity index (χ2v) is 7.26. The van der Waals surface area contributed by atoms with Crippen molar-refractivity contribution >= 4 is 21.6 Å². The number of piperidine rings is 1. The average Bonchev–Trinajstić information content (AvgIpc) is 2.46. The van der Waals surface area contributed by atoms with Crippen LogP contribution in [0.5, 0.6) is 5.75 Å². The summed E-state index contributed by atoms with van der Waals surface area (Å²) in [5.74, 6) is -0.0316. The van der Waals surface area contributed by atoms with Gasteiger partial charge in [-0.2, -0.15) is 17.5 Å². The van der Waals surface area contributed by atoms with E-state index in [1.165, 1.54) is 19.2 Å². The maximum Gasteiger partial charge on any atom is 0.405 e. The molecule has 0 saturated carbocycles. The van der Waals surface area contributed by atoms with Crippen molar-refractivity contribution in [3.8, 4) is 5.75 Å². The quantitative estimate of drug-likeness (QED) is 0.832. The summed E-state index contributed by atoms with van der Waals surface area (Å²) in [5, 5.41) is 0.111. The van der Waals surface area contributed by atoms with Gasteiger partial charge in [0.2, 0.25) is 10.0 Å². The summed E-state index contributed by atoms with van der Waals surface area (Å²) in [7, 11) is -3.11. The van der Waals surface area contributed by atoms with Gasteiger partial charge in [-0.3, -0.25) is 0 Å². The lowest BCUT2D eigenvalue weighted by molar-refractivity contribution is -0.177. The van der Waals surface area contributed by atoms with Gasteiger partial charge in [0.05, 0.1) is 7.11 Å². The maximum absolute atomic E-state index is 13.1. The SMILES string of the molecule is COc1ccc(Cl)cc1S(=O)(=O)N1CCCCC1C(F)(F)F. The predicted octanol–water partition coefficient (Wildman–Crippen LogP) is 3.45. The van der Waals surface area contributed by atoms with E-state index in [4.69, 9.17) is 16.3 Å². The number of methoxy groups -OCH3 is 1. The minimum atomic E-state index is -4.61. The average molecular weight is 358 g/mol. The Hall–Kier alpha value is -0.990. The fourth-order valence-electron chi connectivity index (χ4n) is 2.50. The zero-order valence-corrected chi connectivity index (χ0v) is 13.3. The standard InChI is InChI=1S/C13H15ClF3NO3S/c1-21-10-6-5-9(14)8-11(10)22(19,20)18-7-3-2-4-12(18)13(15,16)17/h5-6,8,12H,2-4,7H2,1H3. The van der Waals surface area contributed by atoms with E-state index in [2.05, 4.69) is 0 Å². The van der Waals surface area contributed by atoms with Crippen LogP contribution in [0.3, 0.4) is 0 Å². The number of ether oxygens (including phenoxy) is 1. The highest BCUT2D eigenvalue weighted by Crippen LogP contribution is 2.38. The third-order valence-corrected chi connectivity index (χ3v) is 5.71. The predicted molar refractivity (Wildman–Crippen MR) is 75.6 cm³/mol. The summed E-state index contributed by atoms with van der Waals surface area (Å²) in [5.41, 5.74) is 0. The van der Waals surface area contributed by atoms with Gasteiger partial charge in [-0.05, 0) is 31.0 Å². The molecular weight excluding hydrogens is 343 g/mol. The zero-order chi connectivity index (χ0) is 16.5. The van der Waals surface area contributed by atoms with Gasteiger partial charge < -0.3 is 4.74 Å². The number of hydrogen-bond acceptors (Lipinski definition) is 3. The van der Waals surface area contributed by atoms with Crippen molar-refractivity contribution in [2.75, 3.05) is 13.7 Å². The summed E-state index contributed by atoms with van der Waals surface area (Å²) in [6, 6.07) is 1.83. The molecule has 0 aliphatic carbocycles. The van der Waals surface area contributed by atoms with Crippen molar-refractivity contribution in [1.82, 2.24) is 4.31 Å². The molecule has 2 rings (SSSR count). The molecule has 0 bridgehead atoms. The van der Waals surface area contributed by atoms with Crippen LogP contribution >= 0.6 is 11.6 Å². The van der Waals surface area contributed by atoms with Crippen LogP contribution in [0.2, 0.25) is 5.02 Å². The molecule has 1 heterocycles. The van der Waals surface area contributed by atoms with Crippen LogP contribution in [-0.2, 0) is 10.0 Å². The van der Waals surface area contributed by atoms with Crippen molar-refractivity contribution in [3.05, 3.63) is 23.2 Å². The first kappa shape index (κ1) is 17.4. The molecule has 4 nitrogen and oxygen atoms in total. The van der Waals surface area contributed by atoms with Crippen LogP contribution in [0.4, 0.5) is 13.2 Å². The number of benzene rings is 1. The monoisotopic (exact) mass is 357 g/mol. The summed E-state index contributed by atoms with van der Waals surface area (Å²) in [6.45, 7) is -0.178. The van der Waals surface area contributed by atoms with Crippen LogP contribution in [0.15, 0.2) is 23.1 Å². The third kappa shape index (κ3) is 3.33. The van der Waals surface area contributed by atoms with Gasteiger partial charge in [-0.25, -0.2) is 8.42 Å². The molecule has 22 heavy (non-hydrogen) atoms. The first-order valence-electron chi connectivity index (χ1n) is 6.60. The molecular formula is C13H15ClF3NO3S. The second-order valence-electron chi connectivity index (χ2n) is 4.96. The molecule has 1 aliphatic heterocycles. The van der Waals surface area contributed by atoms with Crippen LogP contribution < -0.4 is 4.74 Å². The van der Waals surface area contributed by atoms with Gasteiger partial charge in [0.25, 0.3) is 0 Å². The first-order chi connectivity index (χ1) is 10.2. The Morgan fingerprint density at radius 1 is 1.32 bits per heavy atom. The molecule has 124 valence electrons. The highest BCUT2D eigenvalue weighted by molar-refractivity contribution is 7.89. The number of sulfonamides is 1. The largest absolute Gasteiger partial charge is 0.495 e. The summed E-state index contributed by atoms with van der Waals surface area (Å²) in [6.07, 6.45) is -4.14. The van der Waals surface area contributed by atoms with E-state index < -0.39 is 22.2 Å². The molecule has 0 aromatic heterocycles. The van der Waals surface area contributed by atoms with Gasteiger partial charge in [0.1, 0.15) is 16.7 Å². The third-order valence-electron chi connectivity index (χ3n) is 3.54. The molecule has 0 radical (unpaired) electrons. The fourth-order valence-corrected chi connectivity index (χ4v) is 4.60. The van der Waals surface area contributed by atoms with Crippen molar-refractivity contribution in [2.45, 2.75) is 36.4 Å². The highest BCUT2D eigenvalue weighted by Gasteiger charge is 2.49.